The Bertz CT molecular complexity index is 734. The Morgan fingerprint density at radius 2 is 2.00 bits per heavy atom. The predicted molar refractivity (Wildman–Crippen MR) is 94.0 cm³/mol. The third-order valence-electron chi connectivity index (χ3n) is 5.67. The van der Waals surface area contributed by atoms with Gasteiger partial charge in [-0.2, -0.15) is 0 Å². The van der Waals surface area contributed by atoms with Crippen molar-refractivity contribution >= 4 is 11.7 Å². The van der Waals surface area contributed by atoms with Crippen LogP contribution in [-0.4, -0.2) is 46.3 Å². The molecule has 3 heterocycles. The van der Waals surface area contributed by atoms with Gasteiger partial charge in [-0.1, -0.05) is 18.6 Å². The Morgan fingerprint density at radius 3 is 2.64 bits per heavy atom. The third-order valence-corrected chi connectivity index (χ3v) is 5.67. The van der Waals surface area contributed by atoms with Crippen molar-refractivity contribution in [3.8, 4) is 11.5 Å². The number of nitrogens with two attached hydrogens (primary N) is 1. The molecule has 2 aliphatic rings. The number of urea groups is 1. The second-order valence-corrected chi connectivity index (χ2v) is 7.00. The summed E-state index contributed by atoms with van der Waals surface area (Å²) < 4.78 is 5.36. The molecule has 2 fully saturated rings. The maximum Gasteiger partial charge on any atom is 0.319 e. The molecule has 25 heavy (non-hydrogen) atoms. The zero-order valence-corrected chi connectivity index (χ0v) is 14.3. The molecule has 0 saturated carbocycles. The maximum absolute atomic E-state index is 12.4. The summed E-state index contributed by atoms with van der Waals surface area (Å²) in [4.78, 5) is 16.6. The lowest BCUT2D eigenvalue weighted by molar-refractivity contribution is 0.0564. The lowest BCUT2D eigenvalue weighted by atomic mass is 9.81. The second kappa shape index (κ2) is 6.48. The number of hydrogen-bond acceptors (Lipinski definition) is 5. The van der Waals surface area contributed by atoms with E-state index < -0.39 is 6.03 Å². The van der Waals surface area contributed by atoms with Crippen molar-refractivity contribution in [2.75, 3.05) is 11.9 Å². The topological polar surface area (TPSA) is 88.5 Å². The minimum Gasteiger partial charge on any atom is -0.423 e. The fraction of sp³-hybridized carbons (Fsp3) is 0.500. The summed E-state index contributed by atoms with van der Waals surface area (Å²) in [6.45, 7) is 0. The highest BCUT2D eigenvalue weighted by atomic mass is 16.4. The fourth-order valence-electron chi connectivity index (χ4n) is 4.45. The van der Waals surface area contributed by atoms with Gasteiger partial charge in [-0.25, -0.2) is 4.79 Å². The quantitative estimate of drug-likeness (QED) is 0.927. The van der Waals surface area contributed by atoms with Crippen LogP contribution in [0, 0.1) is 0 Å². The van der Waals surface area contributed by atoms with Crippen molar-refractivity contribution in [3.63, 3.8) is 0 Å². The summed E-state index contributed by atoms with van der Waals surface area (Å²) in [6.07, 6.45) is 6.80. The lowest BCUT2D eigenvalue weighted by Gasteiger charge is -2.49. The number of carbonyl (C=O) groups excluding carboxylic acids is 1. The molecule has 0 spiro atoms. The number of carbonyl (C=O) groups is 1. The summed E-state index contributed by atoms with van der Waals surface area (Å²) >= 11 is 0. The van der Waals surface area contributed by atoms with Gasteiger partial charge < -0.3 is 15.1 Å². The molecule has 2 aromatic rings. The molecule has 0 radical (unpaired) electrons. The minimum atomic E-state index is -0.431. The number of anilines is 1. The molecule has 7 nitrogen and oxygen atoms in total. The number of benzene rings is 1. The molecule has 1 aromatic heterocycles. The standard InChI is InChI=1S/C18H23N5O2/c1-22-12-5-4-6-13(22)10-14(9-12)23(18(19)24)16-8-3-2-7-15(16)17-21-20-11-25-17/h2-3,7-8,11-14H,4-6,9-10H2,1H3,(H2,19,24)/t12-,13+,14?. The van der Waals surface area contributed by atoms with Crippen LogP contribution in [0.1, 0.15) is 32.1 Å². The van der Waals surface area contributed by atoms with Crippen molar-refractivity contribution in [2.45, 2.75) is 50.2 Å². The maximum atomic E-state index is 12.4. The van der Waals surface area contributed by atoms with E-state index in [-0.39, 0.29) is 6.04 Å². The first-order valence-corrected chi connectivity index (χ1v) is 8.81. The lowest BCUT2D eigenvalue weighted by Crippen LogP contribution is -2.57. The van der Waals surface area contributed by atoms with Gasteiger partial charge in [0.1, 0.15) is 0 Å². The summed E-state index contributed by atoms with van der Waals surface area (Å²) in [5.74, 6) is 0.398. The highest BCUT2D eigenvalue weighted by molar-refractivity contribution is 5.95. The zero-order chi connectivity index (χ0) is 17.4. The van der Waals surface area contributed by atoms with Gasteiger partial charge in [-0.05, 0) is 44.9 Å². The summed E-state index contributed by atoms with van der Waals surface area (Å²) in [6, 6.07) is 8.26. The van der Waals surface area contributed by atoms with E-state index in [1.54, 1.807) is 4.90 Å². The van der Waals surface area contributed by atoms with Crippen LogP contribution in [0.15, 0.2) is 35.1 Å². The van der Waals surface area contributed by atoms with Gasteiger partial charge >= 0.3 is 6.03 Å². The molecule has 132 valence electrons. The van der Waals surface area contributed by atoms with Crippen LogP contribution in [0.3, 0.4) is 0 Å². The molecule has 4 rings (SSSR count). The van der Waals surface area contributed by atoms with E-state index in [9.17, 15) is 4.79 Å². The molecule has 3 atom stereocenters. The van der Waals surface area contributed by atoms with E-state index in [1.165, 1.54) is 25.7 Å². The first-order valence-electron chi connectivity index (χ1n) is 8.81. The van der Waals surface area contributed by atoms with Crippen molar-refractivity contribution < 1.29 is 9.21 Å². The average molecular weight is 341 g/mol. The van der Waals surface area contributed by atoms with Gasteiger partial charge in [-0.3, -0.25) is 4.90 Å². The first kappa shape index (κ1) is 16.1. The molecule has 1 unspecified atom stereocenters. The average Bonchev–Trinajstić information content (AvgIpc) is 3.10. The van der Waals surface area contributed by atoms with Crippen molar-refractivity contribution in [1.82, 2.24) is 15.1 Å². The van der Waals surface area contributed by atoms with Gasteiger partial charge in [0.25, 0.3) is 0 Å². The predicted octanol–water partition coefficient (Wildman–Crippen LogP) is 2.64. The number of primary amides is 1. The minimum absolute atomic E-state index is 0.0908. The van der Waals surface area contributed by atoms with Crippen molar-refractivity contribution in [3.05, 3.63) is 30.7 Å². The SMILES string of the molecule is CN1[C@@H]2CCC[C@H]1CC(N(C(N)=O)c1ccccc1-c1nnco1)C2. The molecular weight excluding hydrogens is 318 g/mol. The van der Waals surface area contributed by atoms with E-state index in [1.807, 2.05) is 24.3 Å². The molecular formula is C18H23N5O2. The number of amides is 2. The van der Waals surface area contributed by atoms with Crippen molar-refractivity contribution in [2.24, 2.45) is 5.73 Å². The highest BCUT2D eigenvalue weighted by Crippen LogP contribution is 2.38. The Balaban J connectivity index is 1.71. The van der Waals surface area contributed by atoms with Crippen LogP contribution in [0.5, 0.6) is 0 Å². The van der Waals surface area contributed by atoms with Crippen LogP contribution in [-0.2, 0) is 0 Å². The van der Waals surface area contributed by atoms with Crippen LogP contribution in [0.4, 0.5) is 10.5 Å². The van der Waals surface area contributed by atoms with Gasteiger partial charge in [0.2, 0.25) is 12.3 Å². The summed E-state index contributed by atoms with van der Waals surface area (Å²) in [5.41, 5.74) is 7.29. The van der Waals surface area contributed by atoms with E-state index in [0.29, 0.717) is 18.0 Å². The number of piperidine rings is 2. The molecule has 2 bridgehead atoms. The fourth-order valence-corrected chi connectivity index (χ4v) is 4.45. The molecule has 2 aliphatic heterocycles. The van der Waals surface area contributed by atoms with Crippen LogP contribution in [0.2, 0.25) is 0 Å². The number of para-hydroxylation sites is 1. The van der Waals surface area contributed by atoms with Crippen molar-refractivity contribution in [1.29, 1.82) is 0 Å². The molecule has 1 aromatic carbocycles. The van der Waals surface area contributed by atoms with E-state index in [2.05, 4.69) is 22.1 Å². The molecule has 7 heteroatoms. The van der Waals surface area contributed by atoms with Crippen LogP contribution in [0.25, 0.3) is 11.5 Å². The monoisotopic (exact) mass is 341 g/mol. The Kier molecular flexibility index (Phi) is 4.17. The number of hydrogen-bond donors (Lipinski definition) is 1. The number of rotatable bonds is 3. The van der Waals surface area contributed by atoms with Gasteiger partial charge in [0.15, 0.2) is 0 Å². The van der Waals surface area contributed by atoms with E-state index in [0.717, 1.165) is 24.1 Å². The summed E-state index contributed by atoms with van der Waals surface area (Å²) in [7, 11) is 2.20. The Morgan fingerprint density at radius 1 is 1.28 bits per heavy atom. The highest BCUT2D eigenvalue weighted by Gasteiger charge is 2.40. The van der Waals surface area contributed by atoms with Gasteiger partial charge in [0, 0.05) is 18.1 Å². The molecule has 2 amide bonds. The first-order chi connectivity index (χ1) is 12.1. The van der Waals surface area contributed by atoms with Crippen LogP contribution < -0.4 is 10.6 Å². The molecule has 2 N–H and O–H groups in total. The van der Waals surface area contributed by atoms with Crippen LogP contribution >= 0.6 is 0 Å². The number of fused-ring (bicyclic) bond motifs is 2. The largest absolute Gasteiger partial charge is 0.423 e. The number of nitrogens with zero attached hydrogens (tertiary/aromatic N) is 4. The third kappa shape index (κ3) is 2.89. The second-order valence-electron chi connectivity index (χ2n) is 7.00. The Hall–Kier alpha value is -2.41. The zero-order valence-electron chi connectivity index (χ0n) is 14.3. The normalized spacial score (nSPS) is 26.4. The summed E-state index contributed by atoms with van der Waals surface area (Å²) in [5, 5.41) is 7.75. The van der Waals surface area contributed by atoms with Gasteiger partial charge in [0.05, 0.1) is 11.3 Å². The number of aromatic nitrogens is 2. The van der Waals surface area contributed by atoms with Gasteiger partial charge in [-0.15, -0.1) is 10.2 Å². The molecule has 2 saturated heterocycles. The smallest absolute Gasteiger partial charge is 0.319 e. The van der Waals surface area contributed by atoms with E-state index in [4.69, 9.17) is 10.2 Å². The Labute approximate surface area is 146 Å². The molecule has 0 aliphatic carbocycles. The van der Waals surface area contributed by atoms with E-state index >= 15 is 0 Å².